The van der Waals surface area contributed by atoms with Crippen molar-refractivity contribution in [2.24, 2.45) is 0 Å². The lowest BCUT2D eigenvalue weighted by molar-refractivity contribution is -0.118. The normalized spacial score (nSPS) is 7.51. The Morgan fingerprint density at radius 3 is 1.51 bits per heavy atom. The summed E-state index contributed by atoms with van der Waals surface area (Å²) < 4.78 is 10.1. The molecule has 0 radical (unpaired) electrons. The Morgan fingerprint density at radius 1 is 0.943 bits per heavy atom. The molecule has 0 heterocycles. The van der Waals surface area contributed by atoms with E-state index in [9.17, 15) is 4.79 Å². The Morgan fingerprint density at radius 2 is 1.31 bits per heavy atom. The topological polar surface area (TPSA) is 84.9 Å². The Hall–Kier alpha value is -2.54. The number of carbonyl (C=O) groups is 2. The highest BCUT2D eigenvalue weighted by Gasteiger charge is 1.87. The van der Waals surface area contributed by atoms with Gasteiger partial charge in [-0.3, -0.25) is 4.79 Å². The van der Waals surface area contributed by atoms with Crippen LogP contribution in [0.3, 0.4) is 0 Å². The Kier molecular flexibility index (Phi) is 131. The number of aliphatic hydroxyl groups excluding tert-OH is 1. The Bertz CT molecular complexity index is 421. The zero-order valence-electron chi connectivity index (χ0n) is 24.7. The molecule has 6 heteroatoms. The summed E-state index contributed by atoms with van der Waals surface area (Å²) in [7, 11) is 2.69. The molecule has 0 unspecified atom stereocenters. The van der Waals surface area contributed by atoms with E-state index in [1.54, 1.807) is 37.6 Å². The molecule has 0 aliphatic heterocycles. The largest absolute Gasteiger partial charge is 0.400 e. The molecule has 1 amide bonds. The van der Waals surface area contributed by atoms with E-state index in [4.69, 9.17) is 19.4 Å². The number of hydrogen-bond donors (Lipinski definition) is 2. The molecule has 6 nitrogen and oxygen atoms in total. The molecule has 0 spiro atoms. The first-order valence-electron chi connectivity index (χ1n) is 11.6. The molecule has 0 aliphatic carbocycles. The van der Waals surface area contributed by atoms with Crippen molar-refractivity contribution in [2.75, 3.05) is 34.0 Å². The summed E-state index contributed by atoms with van der Waals surface area (Å²) in [6, 6.07) is 0. The summed E-state index contributed by atoms with van der Waals surface area (Å²) in [5.74, 6) is -0.0295. The van der Waals surface area contributed by atoms with Crippen LogP contribution in [0.15, 0.2) is 74.5 Å². The van der Waals surface area contributed by atoms with Crippen molar-refractivity contribution in [3.63, 3.8) is 0 Å². The van der Waals surface area contributed by atoms with Crippen molar-refractivity contribution in [1.29, 1.82) is 0 Å². The molecule has 0 aromatic heterocycles. The molecule has 0 aromatic rings. The predicted octanol–water partition coefficient (Wildman–Crippen LogP) is 7.24. The van der Waals surface area contributed by atoms with Gasteiger partial charge in [-0.05, 0) is 33.4 Å². The maximum absolute atomic E-state index is 10.0. The minimum atomic E-state index is -0.0295. The van der Waals surface area contributed by atoms with E-state index >= 15 is 0 Å². The van der Waals surface area contributed by atoms with Gasteiger partial charge in [0.05, 0.1) is 6.61 Å². The second-order valence-corrected chi connectivity index (χ2v) is 5.53. The van der Waals surface area contributed by atoms with Crippen molar-refractivity contribution < 1.29 is 24.2 Å². The third kappa shape index (κ3) is 208. The lowest BCUT2D eigenvalue weighted by Gasteiger charge is -2.01. The van der Waals surface area contributed by atoms with E-state index in [1.165, 1.54) is 13.3 Å². The smallest absolute Gasteiger partial charge is 0.220 e. The molecule has 0 fully saturated rings. The van der Waals surface area contributed by atoms with Crippen molar-refractivity contribution >= 4 is 12.7 Å². The van der Waals surface area contributed by atoms with Crippen molar-refractivity contribution in [3.8, 4) is 0 Å². The summed E-state index contributed by atoms with van der Waals surface area (Å²) in [5.41, 5.74) is 1.07. The summed E-state index contributed by atoms with van der Waals surface area (Å²) in [4.78, 5) is 18.0. The maximum Gasteiger partial charge on any atom is 0.220 e. The van der Waals surface area contributed by atoms with Crippen LogP contribution in [0.25, 0.3) is 0 Å². The molecule has 2 N–H and O–H groups in total. The minimum Gasteiger partial charge on any atom is -0.400 e. The number of ether oxygens (including phenoxy) is 2. The highest BCUT2D eigenvalue weighted by molar-refractivity contribution is 5.73. The number of allylic oxidation sites excluding steroid dienone is 6. The van der Waals surface area contributed by atoms with E-state index in [0.717, 1.165) is 32.3 Å². The van der Waals surface area contributed by atoms with Gasteiger partial charge < -0.3 is 24.7 Å². The average molecular weight is 502 g/mol. The molecule has 0 rings (SSSR count). The van der Waals surface area contributed by atoms with Gasteiger partial charge in [-0.15, -0.1) is 6.58 Å². The quantitative estimate of drug-likeness (QED) is 0.197. The van der Waals surface area contributed by atoms with Crippen molar-refractivity contribution in [3.05, 3.63) is 74.5 Å². The van der Waals surface area contributed by atoms with E-state index in [-0.39, 0.29) is 5.91 Å². The third-order valence-corrected chi connectivity index (χ3v) is 1.82. The third-order valence-electron chi connectivity index (χ3n) is 1.82. The zero-order chi connectivity index (χ0) is 29.8. The molecule has 35 heavy (non-hydrogen) atoms. The summed E-state index contributed by atoms with van der Waals surface area (Å²) >= 11 is 0. The molecular formula is C29H59NO5. The first-order chi connectivity index (χ1) is 16.8. The lowest BCUT2D eigenvalue weighted by atomic mass is 10.4. The van der Waals surface area contributed by atoms with Gasteiger partial charge >= 0.3 is 0 Å². The van der Waals surface area contributed by atoms with Crippen molar-refractivity contribution in [1.82, 2.24) is 5.32 Å². The molecule has 0 atom stereocenters. The SMILES string of the molecule is C/C=C/NC(C)=O.C=C(C)COCCCOC.C=C/C=C\C=C.C=CC.C=O.CC.CCC.CO. The predicted molar refractivity (Wildman–Crippen MR) is 159 cm³/mol. The zero-order valence-corrected chi connectivity index (χ0v) is 24.7. The molecular weight excluding hydrogens is 442 g/mol. The number of hydrogen-bond acceptors (Lipinski definition) is 5. The highest BCUT2D eigenvalue weighted by atomic mass is 16.5. The Balaban J connectivity index is -0.0000000433. The van der Waals surface area contributed by atoms with Crippen LogP contribution in [-0.4, -0.2) is 51.8 Å². The van der Waals surface area contributed by atoms with E-state index in [2.05, 4.69) is 45.5 Å². The van der Waals surface area contributed by atoms with Gasteiger partial charge in [0.1, 0.15) is 6.79 Å². The number of amides is 1. The summed E-state index contributed by atoms with van der Waals surface area (Å²) in [5, 5.41) is 9.48. The number of methoxy groups -OCH3 is 1. The van der Waals surface area contributed by atoms with Crippen LogP contribution in [0.5, 0.6) is 0 Å². The average Bonchev–Trinajstić information content (AvgIpc) is 2.86. The summed E-state index contributed by atoms with van der Waals surface area (Å²) in [6.07, 6.45) is 14.4. The van der Waals surface area contributed by atoms with Crippen LogP contribution in [0.4, 0.5) is 0 Å². The molecule has 0 aromatic carbocycles. The van der Waals surface area contributed by atoms with Crippen LogP contribution >= 0.6 is 0 Å². The van der Waals surface area contributed by atoms with E-state index < -0.39 is 0 Å². The van der Waals surface area contributed by atoms with Gasteiger partial charge in [-0.2, -0.15) is 0 Å². The lowest BCUT2D eigenvalue weighted by Crippen LogP contribution is -2.10. The van der Waals surface area contributed by atoms with E-state index in [0.29, 0.717) is 6.61 Å². The van der Waals surface area contributed by atoms with E-state index in [1.807, 2.05) is 53.6 Å². The fraction of sp³-hybridized carbons (Fsp3) is 0.517. The second-order valence-electron chi connectivity index (χ2n) is 5.53. The number of rotatable bonds is 9. The monoisotopic (exact) mass is 501 g/mol. The van der Waals surface area contributed by atoms with Crippen LogP contribution in [0, 0.1) is 0 Å². The maximum atomic E-state index is 10.0. The van der Waals surface area contributed by atoms with Crippen LogP contribution in [0.2, 0.25) is 0 Å². The number of nitrogens with one attached hydrogen (secondary N) is 1. The van der Waals surface area contributed by atoms with Crippen LogP contribution in [0.1, 0.15) is 68.2 Å². The fourth-order valence-electron chi connectivity index (χ4n) is 0.910. The highest BCUT2D eigenvalue weighted by Crippen LogP contribution is 1.89. The van der Waals surface area contributed by atoms with Gasteiger partial charge in [-0.1, -0.05) is 95.9 Å². The standard InChI is InChI=1S/C8H16O2.C6H8.C5H9NO.C3H8.C3H6.C2H6.CH4O.CH2O/c1-8(2)7-10-6-4-5-9-3;1-3-5-6-4-2;1-3-4-6-5(2)7;2*1-3-2;3*1-2/h1,4-7H2,2-3H3;3-6H,1-2H2;3-4H,1-2H3,(H,6,7);3H2,1-2H3;3H,1H2,2H3;1-2H3;2H,1H3;1H2/b;6-5-;4-3+;;;;;. The van der Waals surface area contributed by atoms with Crippen LogP contribution in [-0.2, 0) is 19.1 Å². The Labute approximate surface area is 219 Å². The van der Waals surface area contributed by atoms with Gasteiger partial charge in [0.2, 0.25) is 5.91 Å². The molecule has 0 bridgehead atoms. The second kappa shape index (κ2) is 85.7. The first kappa shape index (κ1) is 53.7. The minimum absolute atomic E-state index is 0.0295. The van der Waals surface area contributed by atoms with Gasteiger partial charge in [0.15, 0.2) is 0 Å². The van der Waals surface area contributed by atoms with Gasteiger partial charge in [-0.25, -0.2) is 0 Å². The first-order valence-corrected chi connectivity index (χ1v) is 11.6. The fourth-order valence-corrected chi connectivity index (χ4v) is 0.910. The number of carbonyl (C=O) groups excluding carboxylic acids is 2. The van der Waals surface area contributed by atoms with Gasteiger partial charge in [0, 0.05) is 34.4 Å². The summed E-state index contributed by atoms with van der Waals surface area (Å²) in [6.45, 7) is 33.6. The molecule has 0 saturated heterocycles. The number of aliphatic hydroxyl groups is 1. The molecule has 0 saturated carbocycles. The van der Waals surface area contributed by atoms with Crippen LogP contribution < -0.4 is 5.32 Å². The van der Waals surface area contributed by atoms with Crippen molar-refractivity contribution in [2.45, 2.75) is 68.2 Å². The van der Waals surface area contributed by atoms with Gasteiger partial charge in [0.25, 0.3) is 0 Å². The molecule has 210 valence electrons. The molecule has 0 aliphatic rings.